The lowest BCUT2D eigenvalue weighted by Crippen LogP contribution is -2.44. The Morgan fingerprint density at radius 2 is 2.04 bits per heavy atom. The number of hydrogen-bond acceptors (Lipinski definition) is 7. The van der Waals surface area contributed by atoms with E-state index in [2.05, 4.69) is 4.98 Å². The Bertz CT molecular complexity index is 802. The van der Waals surface area contributed by atoms with Gasteiger partial charge in [0.15, 0.2) is 5.16 Å². The number of morpholine rings is 1. The minimum atomic E-state index is -0.232. The summed E-state index contributed by atoms with van der Waals surface area (Å²) in [5.41, 5.74) is 7.60. The van der Waals surface area contributed by atoms with E-state index < -0.39 is 0 Å². The highest BCUT2D eigenvalue weighted by Crippen LogP contribution is 2.38. The van der Waals surface area contributed by atoms with Gasteiger partial charge in [-0.1, -0.05) is 11.8 Å². The maximum absolute atomic E-state index is 12.6. The SMILES string of the molecule is CC(Sc1nc(N)c2c3c(sc2n1)CCCC3)C(=O)N1CCOCC1. The molecule has 1 aliphatic carbocycles. The molecule has 1 unspecified atom stereocenters. The second-order valence-electron chi connectivity index (χ2n) is 6.48. The second-order valence-corrected chi connectivity index (χ2v) is 8.87. The summed E-state index contributed by atoms with van der Waals surface area (Å²) in [4.78, 5) is 26.0. The van der Waals surface area contributed by atoms with E-state index in [0.717, 1.165) is 23.1 Å². The van der Waals surface area contributed by atoms with Gasteiger partial charge < -0.3 is 15.4 Å². The van der Waals surface area contributed by atoms with Crippen LogP contribution in [0.4, 0.5) is 5.82 Å². The summed E-state index contributed by atoms with van der Waals surface area (Å²) in [7, 11) is 0. The number of aryl methyl sites for hydroxylation is 2. The van der Waals surface area contributed by atoms with Crippen LogP contribution in [0.2, 0.25) is 0 Å². The molecule has 3 heterocycles. The number of hydrogen-bond donors (Lipinski definition) is 1. The van der Waals surface area contributed by atoms with Gasteiger partial charge in [-0.25, -0.2) is 9.97 Å². The molecule has 0 aromatic carbocycles. The van der Waals surface area contributed by atoms with Crippen LogP contribution in [0.1, 0.15) is 30.2 Å². The zero-order valence-corrected chi connectivity index (χ0v) is 15.9. The number of ether oxygens (including phenoxy) is 1. The van der Waals surface area contributed by atoms with Crippen molar-refractivity contribution in [3.63, 3.8) is 0 Å². The number of fused-ring (bicyclic) bond motifs is 3. The number of rotatable bonds is 3. The van der Waals surface area contributed by atoms with Crippen molar-refractivity contribution in [2.24, 2.45) is 0 Å². The lowest BCUT2D eigenvalue weighted by atomic mass is 9.97. The van der Waals surface area contributed by atoms with Crippen molar-refractivity contribution in [1.82, 2.24) is 14.9 Å². The van der Waals surface area contributed by atoms with Gasteiger partial charge in [-0.3, -0.25) is 4.79 Å². The molecule has 2 aliphatic rings. The first kappa shape index (κ1) is 17.1. The molecule has 0 bridgehead atoms. The predicted octanol–water partition coefficient (Wildman–Crippen LogP) is 2.49. The fraction of sp³-hybridized carbons (Fsp3) is 0.588. The molecule has 1 fully saturated rings. The van der Waals surface area contributed by atoms with Gasteiger partial charge in [0.05, 0.1) is 23.8 Å². The number of thiophene rings is 1. The molecule has 0 radical (unpaired) electrons. The third kappa shape index (κ3) is 3.35. The highest BCUT2D eigenvalue weighted by atomic mass is 32.2. The number of nitrogens with zero attached hydrogens (tertiary/aromatic N) is 3. The molecule has 0 spiro atoms. The minimum Gasteiger partial charge on any atom is -0.383 e. The maximum atomic E-state index is 12.6. The summed E-state index contributed by atoms with van der Waals surface area (Å²) >= 11 is 3.13. The highest BCUT2D eigenvalue weighted by molar-refractivity contribution is 8.00. The number of carbonyl (C=O) groups is 1. The number of carbonyl (C=O) groups excluding carboxylic acids is 1. The zero-order valence-electron chi connectivity index (χ0n) is 14.3. The lowest BCUT2D eigenvalue weighted by Gasteiger charge is -2.28. The van der Waals surface area contributed by atoms with E-state index in [0.29, 0.717) is 37.3 Å². The smallest absolute Gasteiger partial charge is 0.236 e. The van der Waals surface area contributed by atoms with Crippen molar-refractivity contribution in [2.75, 3.05) is 32.0 Å². The third-order valence-electron chi connectivity index (χ3n) is 4.77. The molecule has 2 aromatic heterocycles. The normalized spacial score (nSPS) is 19.0. The standard InChI is InChI=1S/C17H22N4O2S2/c1-10(16(22)21-6-8-23-9-7-21)24-17-19-14(18)13-11-4-2-3-5-12(11)25-15(13)20-17/h10H,2-9H2,1H3,(H2,18,19,20). The van der Waals surface area contributed by atoms with E-state index >= 15 is 0 Å². The molecular formula is C17H22N4O2S2. The summed E-state index contributed by atoms with van der Waals surface area (Å²) in [6.07, 6.45) is 4.63. The van der Waals surface area contributed by atoms with Crippen LogP contribution in [0.5, 0.6) is 0 Å². The van der Waals surface area contributed by atoms with Crippen molar-refractivity contribution in [1.29, 1.82) is 0 Å². The summed E-state index contributed by atoms with van der Waals surface area (Å²) in [5, 5.41) is 1.40. The van der Waals surface area contributed by atoms with Crippen LogP contribution in [0, 0.1) is 0 Å². The summed E-state index contributed by atoms with van der Waals surface area (Å²) in [5.74, 6) is 0.666. The fourth-order valence-corrected chi connectivity index (χ4v) is 5.66. The van der Waals surface area contributed by atoms with E-state index in [-0.39, 0.29) is 11.2 Å². The van der Waals surface area contributed by atoms with Crippen LogP contribution < -0.4 is 5.73 Å². The summed E-state index contributed by atoms with van der Waals surface area (Å²) in [6, 6.07) is 0. The minimum absolute atomic E-state index is 0.112. The van der Waals surface area contributed by atoms with Crippen molar-refractivity contribution in [2.45, 2.75) is 43.0 Å². The molecule has 6 nitrogen and oxygen atoms in total. The molecular weight excluding hydrogens is 356 g/mol. The van der Waals surface area contributed by atoms with Gasteiger partial charge in [0.2, 0.25) is 5.91 Å². The van der Waals surface area contributed by atoms with Gasteiger partial charge in [-0.15, -0.1) is 11.3 Å². The van der Waals surface area contributed by atoms with Crippen molar-refractivity contribution in [3.05, 3.63) is 10.4 Å². The third-order valence-corrected chi connectivity index (χ3v) is 6.91. The number of thioether (sulfide) groups is 1. The fourth-order valence-electron chi connectivity index (χ4n) is 3.47. The Kier molecular flexibility index (Phi) is 4.84. The average molecular weight is 379 g/mol. The highest BCUT2D eigenvalue weighted by Gasteiger charge is 2.25. The van der Waals surface area contributed by atoms with Gasteiger partial charge in [-0.2, -0.15) is 0 Å². The van der Waals surface area contributed by atoms with Gasteiger partial charge in [0.1, 0.15) is 10.6 Å². The van der Waals surface area contributed by atoms with Gasteiger partial charge in [0.25, 0.3) is 0 Å². The molecule has 2 aromatic rings. The van der Waals surface area contributed by atoms with Crippen LogP contribution >= 0.6 is 23.1 Å². The van der Waals surface area contributed by atoms with Crippen LogP contribution in [0.25, 0.3) is 10.2 Å². The molecule has 1 atom stereocenters. The molecule has 1 amide bonds. The number of amides is 1. The van der Waals surface area contributed by atoms with Crippen LogP contribution in [0.3, 0.4) is 0 Å². The molecule has 25 heavy (non-hydrogen) atoms. The van der Waals surface area contributed by atoms with Gasteiger partial charge in [0, 0.05) is 18.0 Å². The van der Waals surface area contributed by atoms with E-state index in [1.807, 2.05) is 11.8 Å². The van der Waals surface area contributed by atoms with E-state index in [1.54, 1.807) is 11.3 Å². The Morgan fingerprint density at radius 1 is 1.28 bits per heavy atom. The first-order valence-corrected chi connectivity index (χ1v) is 10.4. The number of anilines is 1. The number of nitrogens with two attached hydrogens (primary N) is 1. The number of aromatic nitrogens is 2. The first-order valence-electron chi connectivity index (χ1n) is 8.74. The maximum Gasteiger partial charge on any atom is 0.236 e. The lowest BCUT2D eigenvalue weighted by molar-refractivity contribution is -0.134. The zero-order chi connectivity index (χ0) is 17.4. The van der Waals surface area contributed by atoms with E-state index in [4.69, 9.17) is 15.5 Å². The second kappa shape index (κ2) is 7.09. The van der Waals surface area contributed by atoms with Crippen molar-refractivity contribution < 1.29 is 9.53 Å². The van der Waals surface area contributed by atoms with Crippen molar-refractivity contribution in [3.8, 4) is 0 Å². The largest absolute Gasteiger partial charge is 0.383 e. The predicted molar refractivity (Wildman–Crippen MR) is 101 cm³/mol. The number of nitrogen functional groups attached to an aromatic ring is 1. The molecule has 2 N–H and O–H groups in total. The Morgan fingerprint density at radius 3 is 2.84 bits per heavy atom. The van der Waals surface area contributed by atoms with E-state index in [9.17, 15) is 4.79 Å². The van der Waals surface area contributed by atoms with Gasteiger partial charge >= 0.3 is 0 Å². The first-order chi connectivity index (χ1) is 12.1. The molecule has 8 heteroatoms. The molecule has 134 valence electrons. The Balaban J connectivity index is 1.56. The molecule has 0 saturated carbocycles. The van der Waals surface area contributed by atoms with Crippen molar-refractivity contribution >= 4 is 45.0 Å². The van der Waals surface area contributed by atoms with Crippen LogP contribution in [-0.2, 0) is 22.4 Å². The Labute approximate surface area is 155 Å². The molecule has 1 aliphatic heterocycles. The van der Waals surface area contributed by atoms with Crippen LogP contribution in [0.15, 0.2) is 5.16 Å². The average Bonchev–Trinajstić information content (AvgIpc) is 3.00. The molecule has 1 saturated heterocycles. The van der Waals surface area contributed by atoms with Gasteiger partial charge in [-0.05, 0) is 38.2 Å². The van der Waals surface area contributed by atoms with Crippen LogP contribution in [-0.4, -0.2) is 52.3 Å². The monoisotopic (exact) mass is 378 g/mol. The summed E-state index contributed by atoms with van der Waals surface area (Å²) in [6.45, 7) is 4.44. The molecule has 4 rings (SSSR count). The Hall–Kier alpha value is -1.38. The summed E-state index contributed by atoms with van der Waals surface area (Å²) < 4.78 is 5.31. The van der Waals surface area contributed by atoms with E-state index in [1.165, 1.54) is 35.0 Å². The topological polar surface area (TPSA) is 81.3 Å². The quantitative estimate of drug-likeness (QED) is 0.653.